The Labute approximate surface area is 111 Å². The van der Waals surface area contributed by atoms with E-state index in [4.69, 9.17) is 0 Å². The molecule has 2 rings (SSSR count). The van der Waals surface area contributed by atoms with Crippen LogP contribution in [0, 0.1) is 0 Å². The number of hydrogen-bond donors (Lipinski definition) is 1. The van der Waals surface area contributed by atoms with Crippen molar-refractivity contribution < 1.29 is 14.3 Å². The molecule has 0 radical (unpaired) electrons. The monoisotopic (exact) mass is 255 g/mol. The second kappa shape index (κ2) is 5.82. The van der Waals surface area contributed by atoms with Gasteiger partial charge < -0.3 is 10.1 Å². The van der Waals surface area contributed by atoms with Gasteiger partial charge in [0.15, 0.2) is 0 Å². The Hall–Kier alpha value is -2.62. The number of ether oxygens (including phenoxy) is 1. The molecule has 0 saturated carbocycles. The van der Waals surface area contributed by atoms with Gasteiger partial charge in [0.2, 0.25) is 0 Å². The number of carbonyl (C=O) groups is 2. The molecule has 0 bridgehead atoms. The number of rotatable bonds is 3. The van der Waals surface area contributed by atoms with Gasteiger partial charge in [-0.15, -0.1) is 0 Å². The number of para-hydroxylation sites is 1. The molecule has 0 unspecified atom stereocenters. The predicted molar refractivity (Wildman–Crippen MR) is 72.2 cm³/mol. The maximum atomic E-state index is 11.9. The lowest BCUT2D eigenvalue weighted by molar-refractivity contribution is 0.0600. The topological polar surface area (TPSA) is 55.4 Å². The molecule has 0 fully saturated rings. The standard InChI is InChI=1S/C15H13NO3/c1-19-15(18)12-9-7-11(8-10-12)14(17)16-13-5-3-2-4-6-13/h2-10H,1H3,(H,16,17). The van der Waals surface area contributed by atoms with Gasteiger partial charge in [-0.05, 0) is 36.4 Å². The van der Waals surface area contributed by atoms with Crippen molar-refractivity contribution in [1.29, 1.82) is 0 Å². The summed E-state index contributed by atoms with van der Waals surface area (Å²) >= 11 is 0. The summed E-state index contributed by atoms with van der Waals surface area (Å²) in [6, 6.07) is 15.5. The van der Waals surface area contributed by atoms with E-state index in [1.54, 1.807) is 36.4 Å². The molecule has 0 aromatic heterocycles. The molecule has 0 saturated heterocycles. The quantitative estimate of drug-likeness (QED) is 0.858. The Morgan fingerprint density at radius 1 is 0.895 bits per heavy atom. The zero-order chi connectivity index (χ0) is 13.7. The van der Waals surface area contributed by atoms with E-state index in [1.165, 1.54) is 7.11 Å². The Balaban J connectivity index is 2.10. The van der Waals surface area contributed by atoms with Crippen LogP contribution >= 0.6 is 0 Å². The van der Waals surface area contributed by atoms with Crippen LogP contribution in [-0.2, 0) is 4.74 Å². The van der Waals surface area contributed by atoms with E-state index < -0.39 is 5.97 Å². The highest BCUT2D eigenvalue weighted by molar-refractivity contribution is 6.04. The molecule has 0 aliphatic carbocycles. The molecule has 4 nitrogen and oxygen atoms in total. The van der Waals surface area contributed by atoms with Gasteiger partial charge >= 0.3 is 5.97 Å². The van der Waals surface area contributed by atoms with E-state index in [-0.39, 0.29) is 5.91 Å². The first-order valence-corrected chi connectivity index (χ1v) is 5.75. The normalized spacial score (nSPS) is 9.74. The summed E-state index contributed by atoms with van der Waals surface area (Å²) in [6.45, 7) is 0. The molecule has 2 aromatic carbocycles. The first-order chi connectivity index (χ1) is 9.20. The van der Waals surface area contributed by atoms with E-state index in [1.807, 2.05) is 18.2 Å². The summed E-state index contributed by atoms with van der Waals surface area (Å²) in [7, 11) is 1.32. The van der Waals surface area contributed by atoms with Crippen molar-refractivity contribution in [3.8, 4) is 0 Å². The summed E-state index contributed by atoms with van der Waals surface area (Å²) in [5.41, 5.74) is 1.62. The lowest BCUT2D eigenvalue weighted by Crippen LogP contribution is -2.12. The molecule has 0 aliphatic rings. The van der Waals surface area contributed by atoms with Crippen molar-refractivity contribution in [3.05, 3.63) is 65.7 Å². The molecule has 2 aromatic rings. The van der Waals surface area contributed by atoms with Crippen molar-refractivity contribution in [3.63, 3.8) is 0 Å². The maximum Gasteiger partial charge on any atom is 0.337 e. The van der Waals surface area contributed by atoms with Gasteiger partial charge in [0, 0.05) is 11.3 Å². The summed E-state index contributed by atoms with van der Waals surface area (Å²) in [5.74, 6) is -0.641. The smallest absolute Gasteiger partial charge is 0.337 e. The number of hydrogen-bond acceptors (Lipinski definition) is 3. The van der Waals surface area contributed by atoms with Crippen molar-refractivity contribution in [2.75, 3.05) is 12.4 Å². The van der Waals surface area contributed by atoms with Crippen LogP contribution in [0.1, 0.15) is 20.7 Å². The van der Waals surface area contributed by atoms with Gasteiger partial charge in [0.1, 0.15) is 0 Å². The first-order valence-electron chi connectivity index (χ1n) is 5.75. The lowest BCUT2D eigenvalue weighted by Gasteiger charge is -2.05. The molecule has 0 spiro atoms. The van der Waals surface area contributed by atoms with Crippen LogP contribution in [0.5, 0.6) is 0 Å². The number of benzene rings is 2. The number of nitrogens with one attached hydrogen (secondary N) is 1. The Kier molecular flexibility index (Phi) is 3.93. The molecular formula is C15H13NO3. The minimum absolute atomic E-state index is 0.220. The Morgan fingerprint density at radius 3 is 2.05 bits per heavy atom. The fourth-order valence-corrected chi connectivity index (χ4v) is 1.60. The van der Waals surface area contributed by atoms with Gasteiger partial charge in [-0.1, -0.05) is 18.2 Å². The van der Waals surface area contributed by atoms with E-state index in [2.05, 4.69) is 10.1 Å². The fourth-order valence-electron chi connectivity index (χ4n) is 1.60. The molecule has 1 N–H and O–H groups in total. The van der Waals surface area contributed by atoms with Crippen LogP contribution in [0.15, 0.2) is 54.6 Å². The van der Waals surface area contributed by atoms with E-state index >= 15 is 0 Å². The van der Waals surface area contributed by atoms with Crippen LogP contribution in [0.3, 0.4) is 0 Å². The summed E-state index contributed by atoms with van der Waals surface area (Å²) < 4.78 is 4.59. The maximum absolute atomic E-state index is 11.9. The van der Waals surface area contributed by atoms with E-state index in [9.17, 15) is 9.59 Å². The minimum atomic E-state index is -0.421. The van der Waals surface area contributed by atoms with Crippen molar-refractivity contribution in [1.82, 2.24) is 0 Å². The van der Waals surface area contributed by atoms with E-state index in [0.717, 1.165) is 5.69 Å². The van der Waals surface area contributed by atoms with Crippen molar-refractivity contribution >= 4 is 17.6 Å². The molecule has 0 aliphatic heterocycles. The highest BCUT2D eigenvalue weighted by Gasteiger charge is 2.08. The summed E-state index contributed by atoms with van der Waals surface area (Å²) in [6.07, 6.45) is 0. The summed E-state index contributed by atoms with van der Waals surface area (Å²) in [5, 5.41) is 2.77. The molecule has 0 heterocycles. The Morgan fingerprint density at radius 2 is 1.47 bits per heavy atom. The summed E-state index contributed by atoms with van der Waals surface area (Å²) in [4.78, 5) is 23.2. The van der Waals surface area contributed by atoms with Crippen LogP contribution in [0.2, 0.25) is 0 Å². The Bertz CT molecular complexity index is 576. The number of amides is 1. The minimum Gasteiger partial charge on any atom is -0.465 e. The molecular weight excluding hydrogens is 242 g/mol. The molecule has 4 heteroatoms. The van der Waals surface area contributed by atoms with Gasteiger partial charge in [-0.25, -0.2) is 4.79 Å². The van der Waals surface area contributed by atoms with Crippen molar-refractivity contribution in [2.45, 2.75) is 0 Å². The van der Waals surface area contributed by atoms with Gasteiger partial charge in [-0.2, -0.15) is 0 Å². The largest absolute Gasteiger partial charge is 0.465 e. The average Bonchev–Trinajstić information content (AvgIpc) is 2.47. The van der Waals surface area contributed by atoms with Gasteiger partial charge in [0.05, 0.1) is 12.7 Å². The third-order valence-corrected chi connectivity index (χ3v) is 2.60. The van der Waals surface area contributed by atoms with Crippen LogP contribution in [0.25, 0.3) is 0 Å². The van der Waals surface area contributed by atoms with Crippen LogP contribution < -0.4 is 5.32 Å². The molecule has 1 amide bonds. The second-order valence-electron chi connectivity index (χ2n) is 3.89. The molecule has 0 atom stereocenters. The average molecular weight is 255 g/mol. The third kappa shape index (κ3) is 3.19. The van der Waals surface area contributed by atoms with Crippen LogP contribution in [0.4, 0.5) is 5.69 Å². The third-order valence-electron chi connectivity index (χ3n) is 2.60. The highest BCUT2D eigenvalue weighted by Crippen LogP contribution is 2.10. The fraction of sp³-hybridized carbons (Fsp3) is 0.0667. The molecule has 96 valence electrons. The second-order valence-corrected chi connectivity index (χ2v) is 3.89. The van der Waals surface area contributed by atoms with Crippen LogP contribution in [-0.4, -0.2) is 19.0 Å². The number of carbonyl (C=O) groups excluding carboxylic acids is 2. The SMILES string of the molecule is COC(=O)c1ccc(C(=O)Nc2ccccc2)cc1. The van der Waals surface area contributed by atoms with Crippen molar-refractivity contribution in [2.24, 2.45) is 0 Å². The molecule has 19 heavy (non-hydrogen) atoms. The lowest BCUT2D eigenvalue weighted by atomic mass is 10.1. The first kappa shape index (κ1) is 12.8. The number of esters is 1. The zero-order valence-electron chi connectivity index (χ0n) is 10.4. The highest BCUT2D eigenvalue weighted by atomic mass is 16.5. The van der Waals surface area contributed by atoms with Gasteiger partial charge in [0.25, 0.3) is 5.91 Å². The zero-order valence-corrected chi connectivity index (χ0v) is 10.4. The van der Waals surface area contributed by atoms with E-state index in [0.29, 0.717) is 11.1 Å². The number of methoxy groups -OCH3 is 1. The predicted octanol–water partition coefficient (Wildman–Crippen LogP) is 2.73. The number of anilines is 1. The van der Waals surface area contributed by atoms with Gasteiger partial charge in [-0.3, -0.25) is 4.79 Å².